The van der Waals surface area contributed by atoms with Crippen molar-refractivity contribution in [2.45, 2.75) is 32.9 Å². The van der Waals surface area contributed by atoms with Crippen molar-refractivity contribution in [3.8, 4) is 0 Å². The van der Waals surface area contributed by atoms with Gasteiger partial charge in [-0.1, -0.05) is 30.3 Å². The molecule has 0 spiro atoms. The van der Waals surface area contributed by atoms with Gasteiger partial charge in [0.1, 0.15) is 34.0 Å². The average molecular weight is 452 g/mol. The van der Waals surface area contributed by atoms with Gasteiger partial charge in [-0.25, -0.2) is 13.2 Å². The molecule has 0 saturated carbocycles. The second-order valence-electron chi connectivity index (χ2n) is 6.95. The summed E-state index contributed by atoms with van der Waals surface area (Å²) in [6.45, 7) is 3.25. The number of amides is 3. The zero-order valence-corrected chi connectivity index (χ0v) is 18.2. The molecule has 2 rings (SSSR count). The molecule has 0 aliphatic rings. The molecule has 0 saturated heterocycles. The lowest BCUT2D eigenvalue weighted by molar-refractivity contribution is -0.123. The Morgan fingerprint density at radius 3 is 2.35 bits per heavy atom. The van der Waals surface area contributed by atoms with E-state index in [1.54, 1.807) is 38.1 Å². The summed E-state index contributed by atoms with van der Waals surface area (Å²) in [5, 5.41) is 2.33. The Bertz CT molecular complexity index is 1030. The molecule has 0 aliphatic heterocycles. The molecule has 0 bridgehead atoms. The van der Waals surface area contributed by atoms with Crippen molar-refractivity contribution in [2.24, 2.45) is 0 Å². The van der Waals surface area contributed by atoms with Crippen LogP contribution in [0.1, 0.15) is 33.9 Å². The molecule has 3 amide bonds. The number of sulfone groups is 1. The Balaban J connectivity index is 1.96. The van der Waals surface area contributed by atoms with Crippen LogP contribution in [0.2, 0.25) is 0 Å². The molecule has 1 aromatic carbocycles. The normalized spacial score (nSPS) is 12.0. The van der Waals surface area contributed by atoms with Crippen LogP contribution < -0.4 is 16.2 Å². The molecular weight excluding hydrogens is 426 g/mol. The summed E-state index contributed by atoms with van der Waals surface area (Å²) >= 11 is 0. The Morgan fingerprint density at radius 2 is 1.77 bits per heavy atom. The number of carbonyl (C=O) groups excluding carboxylic acids is 3. The van der Waals surface area contributed by atoms with Crippen LogP contribution in [0.25, 0.3) is 0 Å². The smallest absolute Gasteiger partial charge is 0.408 e. The first-order valence-corrected chi connectivity index (χ1v) is 11.4. The number of hydrazine groups is 1. The molecule has 1 aromatic heterocycles. The lowest BCUT2D eigenvalue weighted by atomic mass is 10.2. The van der Waals surface area contributed by atoms with Gasteiger partial charge in [0, 0.05) is 6.26 Å². The number of furan rings is 1. The Kier molecular flexibility index (Phi) is 8.20. The molecule has 0 radical (unpaired) electrons. The van der Waals surface area contributed by atoms with E-state index in [-0.39, 0.29) is 24.3 Å². The second kappa shape index (κ2) is 10.6. The number of hydrogen-bond acceptors (Lipinski definition) is 7. The van der Waals surface area contributed by atoms with Gasteiger partial charge < -0.3 is 14.5 Å². The van der Waals surface area contributed by atoms with E-state index in [9.17, 15) is 22.8 Å². The monoisotopic (exact) mass is 451 g/mol. The zero-order chi connectivity index (χ0) is 23.0. The fraction of sp³-hybridized carbons (Fsp3) is 0.350. The van der Waals surface area contributed by atoms with Gasteiger partial charge in [-0.15, -0.1) is 0 Å². The SMILES string of the molecule is Cc1cc(C(=O)NNC(=O)C(CCS(C)(=O)=O)NC(=O)OCc2ccccc2)c(C)o1. The number of benzene rings is 1. The maximum atomic E-state index is 12.5. The van der Waals surface area contributed by atoms with Crippen LogP contribution >= 0.6 is 0 Å². The van der Waals surface area contributed by atoms with Crippen molar-refractivity contribution in [1.29, 1.82) is 0 Å². The van der Waals surface area contributed by atoms with Crippen molar-refractivity contribution in [3.05, 3.63) is 59.0 Å². The summed E-state index contributed by atoms with van der Waals surface area (Å²) in [5.41, 5.74) is 5.39. The van der Waals surface area contributed by atoms with Gasteiger partial charge in [0.25, 0.3) is 11.8 Å². The largest absolute Gasteiger partial charge is 0.466 e. The van der Waals surface area contributed by atoms with Crippen molar-refractivity contribution in [1.82, 2.24) is 16.2 Å². The third-order valence-corrected chi connectivity index (χ3v) is 5.16. The molecule has 11 heteroatoms. The number of hydrogen-bond donors (Lipinski definition) is 3. The fourth-order valence-corrected chi connectivity index (χ4v) is 3.30. The third-order valence-electron chi connectivity index (χ3n) is 4.18. The van der Waals surface area contributed by atoms with Gasteiger partial charge >= 0.3 is 6.09 Å². The number of rotatable bonds is 8. The van der Waals surface area contributed by atoms with Crippen LogP contribution in [-0.2, 0) is 26.0 Å². The molecule has 0 aliphatic carbocycles. The van der Waals surface area contributed by atoms with Gasteiger partial charge in [-0.3, -0.25) is 20.4 Å². The van der Waals surface area contributed by atoms with Crippen LogP contribution in [-0.4, -0.2) is 44.4 Å². The maximum absolute atomic E-state index is 12.5. The van der Waals surface area contributed by atoms with E-state index >= 15 is 0 Å². The van der Waals surface area contributed by atoms with Crippen molar-refractivity contribution in [2.75, 3.05) is 12.0 Å². The Hall–Kier alpha value is -3.34. The molecule has 1 heterocycles. The summed E-state index contributed by atoms with van der Waals surface area (Å²) in [5.74, 6) is -0.857. The van der Waals surface area contributed by atoms with Gasteiger partial charge in [0.15, 0.2) is 0 Å². The molecule has 1 atom stereocenters. The van der Waals surface area contributed by atoms with E-state index in [4.69, 9.17) is 9.15 Å². The molecular formula is C20H25N3O7S. The third kappa shape index (κ3) is 8.13. The lowest BCUT2D eigenvalue weighted by Crippen LogP contribution is -2.52. The van der Waals surface area contributed by atoms with Gasteiger partial charge in [0.05, 0.1) is 11.3 Å². The molecule has 1 unspecified atom stereocenters. The lowest BCUT2D eigenvalue weighted by Gasteiger charge is -2.18. The Labute approximate surface area is 180 Å². The molecule has 168 valence electrons. The summed E-state index contributed by atoms with van der Waals surface area (Å²) in [6.07, 6.45) is -0.0862. The van der Waals surface area contributed by atoms with E-state index in [1.807, 2.05) is 6.07 Å². The van der Waals surface area contributed by atoms with Crippen molar-refractivity contribution in [3.63, 3.8) is 0 Å². The van der Waals surface area contributed by atoms with Crippen molar-refractivity contribution >= 4 is 27.7 Å². The van der Waals surface area contributed by atoms with Crippen LogP contribution in [0.15, 0.2) is 40.8 Å². The molecule has 3 N–H and O–H groups in total. The van der Waals surface area contributed by atoms with E-state index < -0.39 is 33.8 Å². The summed E-state index contributed by atoms with van der Waals surface area (Å²) in [7, 11) is -3.39. The van der Waals surface area contributed by atoms with E-state index in [2.05, 4.69) is 16.2 Å². The van der Waals surface area contributed by atoms with E-state index in [0.29, 0.717) is 11.5 Å². The highest BCUT2D eigenvalue weighted by atomic mass is 32.2. The minimum Gasteiger partial charge on any atom is -0.466 e. The summed E-state index contributed by atoms with van der Waals surface area (Å²) < 4.78 is 33.3. The minimum atomic E-state index is -3.39. The van der Waals surface area contributed by atoms with Crippen molar-refractivity contribution < 1.29 is 32.0 Å². The standard InChI is InChI=1S/C20H25N3O7S/c1-13-11-16(14(2)30-13)18(24)22-23-19(25)17(9-10-31(3,27)28)21-20(26)29-12-15-7-5-4-6-8-15/h4-8,11,17H,9-10,12H2,1-3H3,(H,21,26)(H,22,24)(H,23,25). The number of alkyl carbamates (subject to hydrolysis) is 1. The first-order valence-electron chi connectivity index (χ1n) is 9.37. The van der Waals surface area contributed by atoms with Crippen LogP contribution in [0.5, 0.6) is 0 Å². The van der Waals surface area contributed by atoms with Gasteiger partial charge in [-0.05, 0) is 31.9 Å². The molecule has 0 fully saturated rings. The minimum absolute atomic E-state index is 0.0249. The predicted molar refractivity (Wildman–Crippen MR) is 112 cm³/mol. The highest BCUT2D eigenvalue weighted by Gasteiger charge is 2.24. The van der Waals surface area contributed by atoms with E-state index in [1.165, 1.54) is 6.07 Å². The second-order valence-corrected chi connectivity index (χ2v) is 9.21. The molecule has 2 aromatic rings. The first-order chi connectivity index (χ1) is 14.5. The number of nitrogens with one attached hydrogen (secondary N) is 3. The zero-order valence-electron chi connectivity index (χ0n) is 17.4. The Morgan fingerprint density at radius 1 is 1.10 bits per heavy atom. The first kappa shape index (κ1) is 23.9. The van der Waals surface area contributed by atoms with E-state index in [0.717, 1.165) is 11.8 Å². The van der Waals surface area contributed by atoms with Crippen LogP contribution in [0.4, 0.5) is 4.79 Å². The summed E-state index contributed by atoms with van der Waals surface area (Å²) in [4.78, 5) is 36.8. The highest BCUT2D eigenvalue weighted by Crippen LogP contribution is 2.13. The molecule has 10 nitrogen and oxygen atoms in total. The van der Waals surface area contributed by atoms with Gasteiger partial charge in [-0.2, -0.15) is 0 Å². The topological polar surface area (TPSA) is 144 Å². The van der Waals surface area contributed by atoms with Crippen LogP contribution in [0.3, 0.4) is 0 Å². The number of aryl methyl sites for hydroxylation is 2. The summed E-state index contributed by atoms with van der Waals surface area (Å²) in [6, 6.07) is 9.17. The predicted octanol–water partition coefficient (Wildman–Crippen LogP) is 1.39. The average Bonchev–Trinajstić information content (AvgIpc) is 3.05. The highest BCUT2D eigenvalue weighted by molar-refractivity contribution is 7.90. The number of carbonyl (C=O) groups is 3. The molecule has 31 heavy (non-hydrogen) atoms. The number of ether oxygens (including phenoxy) is 1. The fourth-order valence-electron chi connectivity index (χ4n) is 2.64. The van der Waals surface area contributed by atoms with Crippen LogP contribution in [0, 0.1) is 13.8 Å². The van der Waals surface area contributed by atoms with Gasteiger partial charge in [0.2, 0.25) is 0 Å². The quantitative estimate of drug-likeness (QED) is 0.515. The maximum Gasteiger partial charge on any atom is 0.408 e.